The van der Waals surface area contributed by atoms with E-state index in [4.69, 9.17) is 4.74 Å². The van der Waals surface area contributed by atoms with Crippen molar-refractivity contribution in [2.75, 3.05) is 13.7 Å². The number of methoxy groups -OCH3 is 1. The van der Waals surface area contributed by atoms with Gasteiger partial charge in [-0.25, -0.2) is 4.68 Å². The molecule has 2 aromatic carbocycles. The van der Waals surface area contributed by atoms with Crippen LogP contribution in [0.2, 0.25) is 0 Å². The van der Waals surface area contributed by atoms with Gasteiger partial charge in [-0.3, -0.25) is 4.79 Å². The quantitative estimate of drug-likeness (QED) is 0.701. The number of nitrogens with one attached hydrogen (secondary N) is 2. The predicted octanol–water partition coefficient (Wildman–Crippen LogP) is 3.42. The van der Waals surface area contributed by atoms with E-state index in [1.54, 1.807) is 7.11 Å². The Morgan fingerprint density at radius 1 is 1.17 bits per heavy atom. The summed E-state index contributed by atoms with van der Waals surface area (Å²) in [4.78, 5) is 12.9. The molecule has 1 saturated heterocycles. The lowest BCUT2D eigenvalue weighted by Crippen LogP contribution is -2.46. The van der Waals surface area contributed by atoms with Gasteiger partial charge in [0.15, 0.2) is 5.69 Å². The summed E-state index contributed by atoms with van der Waals surface area (Å²) in [6.45, 7) is 3.06. The van der Waals surface area contributed by atoms with E-state index < -0.39 is 0 Å². The number of para-hydroxylation sites is 1. The first-order valence-electron chi connectivity index (χ1n) is 9.98. The highest BCUT2D eigenvalue weighted by Crippen LogP contribution is 2.26. The van der Waals surface area contributed by atoms with E-state index in [2.05, 4.69) is 22.7 Å². The SMILES string of the molecule is COc1ccc(-c2cc(C(=O)NC3CCNC(C)C3)nn2-c2ccccc2)cc1. The molecule has 0 saturated carbocycles. The van der Waals surface area contributed by atoms with Gasteiger partial charge < -0.3 is 15.4 Å². The summed E-state index contributed by atoms with van der Waals surface area (Å²) >= 11 is 0. The molecule has 0 radical (unpaired) electrons. The third kappa shape index (κ3) is 4.32. The zero-order chi connectivity index (χ0) is 20.2. The van der Waals surface area contributed by atoms with Crippen molar-refractivity contribution in [2.45, 2.75) is 31.8 Å². The number of carbonyl (C=O) groups excluding carboxylic acids is 1. The summed E-state index contributed by atoms with van der Waals surface area (Å²) in [5.74, 6) is 0.658. The van der Waals surface area contributed by atoms with Crippen LogP contribution in [0.1, 0.15) is 30.3 Å². The first-order valence-corrected chi connectivity index (χ1v) is 9.98. The number of aromatic nitrogens is 2. The van der Waals surface area contributed by atoms with Gasteiger partial charge in [0.1, 0.15) is 5.75 Å². The van der Waals surface area contributed by atoms with Crippen LogP contribution in [0.25, 0.3) is 16.9 Å². The van der Waals surface area contributed by atoms with Crippen LogP contribution >= 0.6 is 0 Å². The van der Waals surface area contributed by atoms with Crippen molar-refractivity contribution in [2.24, 2.45) is 0 Å². The highest BCUT2D eigenvalue weighted by Gasteiger charge is 2.23. The highest BCUT2D eigenvalue weighted by molar-refractivity contribution is 5.93. The van der Waals surface area contributed by atoms with Crippen LogP contribution in [0, 0.1) is 0 Å². The fraction of sp³-hybridized carbons (Fsp3) is 0.304. The van der Waals surface area contributed by atoms with E-state index in [9.17, 15) is 4.79 Å². The number of nitrogens with zero attached hydrogens (tertiary/aromatic N) is 2. The molecule has 2 N–H and O–H groups in total. The topological polar surface area (TPSA) is 68.2 Å². The Balaban J connectivity index is 1.66. The number of hydrogen-bond acceptors (Lipinski definition) is 4. The Kier molecular flexibility index (Phi) is 5.62. The van der Waals surface area contributed by atoms with E-state index in [1.807, 2.05) is 65.3 Å². The Labute approximate surface area is 170 Å². The van der Waals surface area contributed by atoms with Crippen LogP contribution in [-0.4, -0.2) is 41.4 Å². The second kappa shape index (κ2) is 8.49. The minimum Gasteiger partial charge on any atom is -0.497 e. The van der Waals surface area contributed by atoms with Crippen LogP contribution in [0.3, 0.4) is 0 Å². The minimum atomic E-state index is -0.131. The largest absolute Gasteiger partial charge is 0.497 e. The first kappa shape index (κ1) is 19.2. The maximum atomic E-state index is 12.9. The van der Waals surface area contributed by atoms with Crippen molar-refractivity contribution in [1.82, 2.24) is 20.4 Å². The van der Waals surface area contributed by atoms with Crippen LogP contribution in [0.15, 0.2) is 60.7 Å². The van der Waals surface area contributed by atoms with E-state index in [-0.39, 0.29) is 11.9 Å². The third-order valence-corrected chi connectivity index (χ3v) is 5.29. The molecule has 1 amide bonds. The van der Waals surface area contributed by atoms with Crippen LogP contribution in [0.4, 0.5) is 0 Å². The molecule has 0 bridgehead atoms. The van der Waals surface area contributed by atoms with Crippen LogP contribution < -0.4 is 15.4 Å². The second-order valence-corrected chi connectivity index (χ2v) is 7.44. The summed E-state index contributed by atoms with van der Waals surface area (Å²) in [6.07, 6.45) is 1.86. The molecular weight excluding hydrogens is 364 g/mol. The Hall–Kier alpha value is -3.12. The van der Waals surface area contributed by atoms with E-state index in [1.165, 1.54) is 0 Å². The van der Waals surface area contributed by atoms with Crippen molar-refractivity contribution in [1.29, 1.82) is 0 Å². The van der Waals surface area contributed by atoms with Gasteiger partial charge in [0, 0.05) is 17.6 Å². The van der Waals surface area contributed by atoms with Gasteiger partial charge >= 0.3 is 0 Å². The molecule has 6 heteroatoms. The molecule has 150 valence electrons. The van der Waals surface area contributed by atoms with Crippen molar-refractivity contribution in [3.63, 3.8) is 0 Å². The average Bonchev–Trinajstić information content (AvgIpc) is 3.20. The summed E-state index contributed by atoms with van der Waals surface area (Å²) < 4.78 is 7.09. The summed E-state index contributed by atoms with van der Waals surface area (Å²) in [7, 11) is 1.65. The number of ether oxygens (including phenoxy) is 1. The summed E-state index contributed by atoms with van der Waals surface area (Å²) in [5.41, 5.74) is 3.16. The van der Waals surface area contributed by atoms with Crippen LogP contribution in [-0.2, 0) is 0 Å². The van der Waals surface area contributed by atoms with Gasteiger partial charge in [-0.1, -0.05) is 18.2 Å². The zero-order valence-electron chi connectivity index (χ0n) is 16.8. The fourth-order valence-electron chi connectivity index (χ4n) is 3.75. The molecule has 2 heterocycles. The smallest absolute Gasteiger partial charge is 0.272 e. The number of carbonyl (C=O) groups is 1. The van der Waals surface area contributed by atoms with Gasteiger partial charge in [-0.05, 0) is 68.8 Å². The fourth-order valence-corrected chi connectivity index (χ4v) is 3.75. The van der Waals surface area contributed by atoms with Gasteiger partial charge in [0.2, 0.25) is 0 Å². The molecule has 2 atom stereocenters. The monoisotopic (exact) mass is 390 g/mol. The van der Waals surface area contributed by atoms with Gasteiger partial charge in [-0.2, -0.15) is 5.10 Å². The molecule has 1 fully saturated rings. The molecule has 1 aliphatic heterocycles. The minimum absolute atomic E-state index is 0.131. The normalized spacial score (nSPS) is 19.0. The molecule has 29 heavy (non-hydrogen) atoms. The summed E-state index contributed by atoms with van der Waals surface area (Å²) in [5, 5.41) is 11.2. The second-order valence-electron chi connectivity index (χ2n) is 7.44. The van der Waals surface area contributed by atoms with Gasteiger partial charge in [0.25, 0.3) is 5.91 Å². The highest BCUT2D eigenvalue weighted by atomic mass is 16.5. The van der Waals surface area contributed by atoms with Crippen molar-refractivity contribution < 1.29 is 9.53 Å². The Bertz CT molecular complexity index is 966. The zero-order valence-corrected chi connectivity index (χ0v) is 16.8. The molecule has 0 spiro atoms. The molecule has 6 nitrogen and oxygen atoms in total. The number of rotatable bonds is 5. The number of hydrogen-bond donors (Lipinski definition) is 2. The Morgan fingerprint density at radius 3 is 2.62 bits per heavy atom. The number of amides is 1. The van der Waals surface area contributed by atoms with E-state index >= 15 is 0 Å². The lowest BCUT2D eigenvalue weighted by Gasteiger charge is -2.28. The first-order chi connectivity index (χ1) is 14.1. The molecule has 0 aliphatic carbocycles. The molecule has 4 rings (SSSR count). The average molecular weight is 390 g/mol. The maximum absolute atomic E-state index is 12.9. The van der Waals surface area contributed by atoms with Crippen LogP contribution in [0.5, 0.6) is 5.75 Å². The predicted molar refractivity (Wildman–Crippen MR) is 114 cm³/mol. The molecule has 1 aliphatic rings. The number of piperidine rings is 1. The lowest BCUT2D eigenvalue weighted by atomic mass is 10.0. The van der Waals surface area contributed by atoms with E-state index in [0.717, 1.165) is 42.1 Å². The standard InChI is InChI=1S/C23H26N4O2/c1-16-14-18(12-13-24-16)25-23(28)21-15-22(17-8-10-20(29-2)11-9-17)27(26-21)19-6-4-3-5-7-19/h3-11,15-16,18,24H,12-14H2,1-2H3,(H,25,28). The van der Waals surface area contributed by atoms with Crippen molar-refractivity contribution in [3.8, 4) is 22.7 Å². The molecule has 2 unspecified atom stereocenters. The van der Waals surface area contributed by atoms with E-state index in [0.29, 0.717) is 11.7 Å². The summed E-state index contributed by atoms with van der Waals surface area (Å²) in [6, 6.07) is 20.1. The molecule has 1 aromatic heterocycles. The number of benzene rings is 2. The molecule has 3 aromatic rings. The lowest BCUT2D eigenvalue weighted by molar-refractivity contribution is 0.0920. The molecular formula is C23H26N4O2. The Morgan fingerprint density at radius 2 is 1.93 bits per heavy atom. The van der Waals surface area contributed by atoms with Crippen molar-refractivity contribution >= 4 is 5.91 Å². The third-order valence-electron chi connectivity index (χ3n) is 5.29. The van der Waals surface area contributed by atoms with Gasteiger partial charge in [-0.15, -0.1) is 0 Å². The van der Waals surface area contributed by atoms with Crippen molar-refractivity contribution in [3.05, 3.63) is 66.4 Å². The van der Waals surface area contributed by atoms with Gasteiger partial charge in [0.05, 0.1) is 18.5 Å². The maximum Gasteiger partial charge on any atom is 0.272 e.